The van der Waals surface area contributed by atoms with Gasteiger partial charge in [0.2, 0.25) is 0 Å². The Kier molecular flexibility index (Phi) is 3.99. The Morgan fingerprint density at radius 1 is 1.53 bits per heavy atom. The van der Waals surface area contributed by atoms with Crippen molar-refractivity contribution in [1.82, 2.24) is 0 Å². The quantitative estimate of drug-likeness (QED) is 0.828. The van der Waals surface area contributed by atoms with Gasteiger partial charge >= 0.3 is 5.97 Å². The average Bonchev–Trinajstić information content (AvgIpc) is 2.81. The Hall–Kier alpha value is -0.680. The lowest BCUT2D eigenvalue weighted by molar-refractivity contribution is -0.138. The second-order valence-corrected chi connectivity index (χ2v) is 7.10. The van der Waals surface area contributed by atoms with Crippen molar-refractivity contribution in [3.05, 3.63) is 22.4 Å². The molecule has 0 aromatic carbocycles. The van der Waals surface area contributed by atoms with Crippen LogP contribution in [0.5, 0.6) is 0 Å². The van der Waals surface area contributed by atoms with Crippen LogP contribution in [0.1, 0.15) is 24.8 Å². The van der Waals surface area contributed by atoms with Crippen molar-refractivity contribution in [2.45, 2.75) is 25.7 Å². The fraction of sp³-hybridized carbons (Fsp3) is 0.583. The van der Waals surface area contributed by atoms with E-state index in [9.17, 15) is 9.00 Å². The second-order valence-electron chi connectivity index (χ2n) is 4.74. The van der Waals surface area contributed by atoms with Gasteiger partial charge in [-0.05, 0) is 47.1 Å². The van der Waals surface area contributed by atoms with Gasteiger partial charge in [0.1, 0.15) is 0 Å². The minimum Gasteiger partial charge on any atom is -0.481 e. The first-order valence-corrected chi connectivity index (χ1v) is 8.11. The van der Waals surface area contributed by atoms with Crippen molar-refractivity contribution in [3.8, 4) is 0 Å². The summed E-state index contributed by atoms with van der Waals surface area (Å²) < 4.78 is 11.9. The molecule has 3 nitrogen and oxygen atoms in total. The van der Waals surface area contributed by atoms with E-state index in [4.69, 9.17) is 5.11 Å². The minimum absolute atomic E-state index is 0.147. The van der Waals surface area contributed by atoms with Gasteiger partial charge in [-0.3, -0.25) is 9.00 Å². The van der Waals surface area contributed by atoms with E-state index in [1.807, 2.05) is 11.4 Å². The lowest BCUT2D eigenvalue weighted by Crippen LogP contribution is -2.18. The molecule has 1 fully saturated rings. The normalized spacial score (nSPS) is 18.8. The summed E-state index contributed by atoms with van der Waals surface area (Å²) in [5, 5.41) is 12.9. The Morgan fingerprint density at radius 2 is 2.29 bits per heavy atom. The van der Waals surface area contributed by atoms with E-state index in [0.717, 1.165) is 19.3 Å². The van der Waals surface area contributed by atoms with Gasteiger partial charge in [-0.25, -0.2) is 0 Å². The Bertz CT molecular complexity index is 407. The van der Waals surface area contributed by atoms with Crippen LogP contribution in [0.4, 0.5) is 0 Å². The first-order valence-electron chi connectivity index (χ1n) is 5.68. The molecule has 5 heteroatoms. The molecule has 1 atom stereocenters. The predicted octanol–water partition coefficient (Wildman–Crippen LogP) is 2.29. The van der Waals surface area contributed by atoms with Crippen LogP contribution in [0, 0.1) is 5.41 Å². The smallest absolute Gasteiger partial charge is 0.303 e. The third-order valence-electron chi connectivity index (χ3n) is 3.15. The number of carbonyl (C=O) groups is 1. The van der Waals surface area contributed by atoms with Crippen molar-refractivity contribution in [3.63, 3.8) is 0 Å². The topological polar surface area (TPSA) is 54.4 Å². The van der Waals surface area contributed by atoms with Crippen LogP contribution in [0.25, 0.3) is 0 Å². The third-order valence-corrected chi connectivity index (χ3v) is 5.47. The molecule has 0 amide bonds. The molecule has 94 valence electrons. The summed E-state index contributed by atoms with van der Waals surface area (Å²) in [6, 6.07) is 2.05. The molecule has 1 aromatic rings. The monoisotopic (exact) mass is 272 g/mol. The maximum atomic E-state index is 11.9. The highest BCUT2D eigenvalue weighted by atomic mass is 32.2. The SMILES string of the molecule is O=C(O)CC1(CS(=O)CCc2ccsc2)CC1. The van der Waals surface area contributed by atoms with Crippen LogP contribution in [0.3, 0.4) is 0 Å². The van der Waals surface area contributed by atoms with Gasteiger partial charge < -0.3 is 5.11 Å². The molecule has 0 saturated heterocycles. The van der Waals surface area contributed by atoms with Gasteiger partial charge in [0.05, 0.1) is 6.42 Å². The van der Waals surface area contributed by atoms with Gasteiger partial charge in [0.15, 0.2) is 0 Å². The first kappa shape index (κ1) is 12.8. The van der Waals surface area contributed by atoms with Crippen molar-refractivity contribution >= 4 is 28.1 Å². The van der Waals surface area contributed by atoms with Crippen LogP contribution >= 0.6 is 11.3 Å². The lowest BCUT2D eigenvalue weighted by Gasteiger charge is -2.11. The molecule has 2 rings (SSSR count). The molecule has 0 radical (unpaired) electrons. The summed E-state index contributed by atoms with van der Waals surface area (Å²) in [5.41, 5.74) is 1.08. The highest BCUT2D eigenvalue weighted by Gasteiger charge is 2.45. The summed E-state index contributed by atoms with van der Waals surface area (Å²) in [6.07, 6.45) is 2.85. The number of aliphatic carboxylic acids is 1. The summed E-state index contributed by atoms with van der Waals surface area (Å²) in [6.45, 7) is 0. The molecule has 17 heavy (non-hydrogen) atoms. The maximum absolute atomic E-state index is 11.9. The lowest BCUT2D eigenvalue weighted by atomic mass is 10.1. The van der Waals surface area contributed by atoms with Crippen LogP contribution in [0.2, 0.25) is 0 Å². The van der Waals surface area contributed by atoms with Crippen LogP contribution in [0.15, 0.2) is 16.8 Å². The standard InChI is InChI=1S/C12H16O3S2/c13-11(14)7-12(3-4-12)9-17(15)6-2-10-1-5-16-8-10/h1,5,8H,2-4,6-7,9H2,(H,13,14). The largest absolute Gasteiger partial charge is 0.481 e. The number of aryl methyl sites for hydroxylation is 1. The van der Waals surface area contributed by atoms with Crippen LogP contribution < -0.4 is 0 Å². The van der Waals surface area contributed by atoms with E-state index in [0.29, 0.717) is 11.5 Å². The van der Waals surface area contributed by atoms with Gasteiger partial charge in [0.25, 0.3) is 0 Å². The van der Waals surface area contributed by atoms with Crippen molar-refractivity contribution < 1.29 is 14.1 Å². The number of carboxylic acids is 1. The molecule has 0 spiro atoms. The summed E-state index contributed by atoms with van der Waals surface area (Å²) in [4.78, 5) is 10.7. The highest BCUT2D eigenvalue weighted by Crippen LogP contribution is 2.49. The Morgan fingerprint density at radius 3 is 2.82 bits per heavy atom. The minimum atomic E-state index is -0.887. The predicted molar refractivity (Wildman–Crippen MR) is 69.8 cm³/mol. The molecule has 1 N–H and O–H groups in total. The van der Waals surface area contributed by atoms with Crippen molar-refractivity contribution in [1.29, 1.82) is 0 Å². The van der Waals surface area contributed by atoms with Gasteiger partial charge in [-0.1, -0.05) is 0 Å². The van der Waals surface area contributed by atoms with E-state index >= 15 is 0 Å². The van der Waals surface area contributed by atoms with E-state index in [1.54, 1.807) is 11.3 Å². The highest BCUT2D eigenvalue weighted by molar-refractivity contribution is 7.85. The molecule has 1 aromatic heterocycles. The number of hydrogen-bond acceptors (Lipinski definition) is 3. The zero-order chi connectivity index (χ0) is 12.3. The number of carboxylic acid groups (broad SMARTS) is 1. The van der Waals surface area contributed by atoms with Gasteiger partial charge in [-0.2, -0.15) is 11.3 Å². The van der Waals surface area contributed by atoms with E-state index in [2.05, 4.69) is 5.38 Å². The van der Waals surface area contributed by atoms with Crippen LogP contribution in [-0.2, 0) is 22.0 Å². The first-order chi connectivity index (χ1) is 8.10. The van der Waals surface area contributed by atoms with E-state index in [1.165, 1.54) is 5.56 Å². The number of rotatable bonds is 7. The second kappa shape index (κ2) is 5.31. The van der Waals surface area contributed by atoms with Gasteiger partial charge in [0, 0.05) is 22.3 Å². The van der Waals surface area contributed by atoms with Gasteiger partial charge in [-0.15, -0.1) is 0 Å². The van der Waals surface area contributed by atoms with Crippen LogP contribution in [-0.4, -0.2) is 26.8 Å². The summed E-state index contributed by atoms with van der Waals surface area (Å²) >= 11 is 1.65. The van der Waals surface area contributed by atoms with Crippen molar-refractivity contribution in [2.24, 2.45) is 5.41 Å². The van der Waals surface area contributed by atoms with Crippen molar-refractivity contribution in [2.75, 3.05) is 11.5 Å². The Balaban J connectivity index is 1.76. The molecule has 1 heterocycles. The molecule has 1 unspecified atom stereocenters. The fourth-order valence-corrected chi connectivity index (χ4v) is 4.33. The average molecular weight is 272 g/mol. The molecular weight excluding hydrogens is 256 g/mol. The molecule has 1 aliphatic carbocycles. The maximum Gasteiger partial charge on any atom is 0.303 e. The molecule has 1 saturated carbocycles. The summed E-state index contributed by atoms with van der Waals surface area (Å²) in [7, 11) is -0.887. The Labute approximate surface area is 107 Å². The zero-order valence-electron chi connectivity index (χ0n) is 9.55. The van der Waals surface area contributed by atoms with E-state index in [-0.39, 0.29) is 11.8 Å². The van der Waals surface area contributed by atoms with E-state index < -0.39 is 16.8 Å². The fourth-order valence-electron chi connectivity index (χ4n) is 1.95. The third kappa shape index (κ3) is 3.92. The molecule has 1 aliphatic rings. The number of thiophene rings is 1. The zero-order valence-corrected chi connectivity index (χ0v) is 11.2. The number of hydrogen-bond donors (Lipinski definition) is 1. The summed E-state index contributed by atoms with van der Waals surface area (Å²) in [5.74, 6) is 0.444. The molecular formula is C12H16O3S2. The molecule has 0 bridgehead atoms. The molecule has 0 aliphatic heterocycles.